The fourth-order valence-corrected chi connectivity index (χ4v) is 7.11. The number of nitrogens with zero attached hydrogens (tertiary/aromatic N) is 1. The van der Waals surface area contributed by atoms with Gasteiger partial charge in [-0.25, -0.2) is 0 Å². The van der Waals surface area contributed by atoms with Gasteiger partial charge in [-0.3, -0.25) is 9.59 Å². The largest absolute Gasteiger partial charge is 0.369 e. The summed E-state index contributed by atoms with van der Waals surface area (Å²) in [6.45, 7) is 12.5. The van der Waals surface area contributed by atoms with Crippen LogP contribution in [-0.2, 0) is 14.3 Å². The number of ether oxygens (including phenoxy) is 1. The molecule has 6 nitrogen and oxygen atoms in total. The van der Waals surface area contributed by atoms with Crippen molar-refractivity contribution in [3.63, 3.8) is 0 Å². The normalized spacial score (nSPS) is 35.6. The van der Waals surface area contributed by atoms with Crippen LogP contribution in [0, 0.1) is 5.92 Å². The lowest BCUT2D eigenvalue weighted by atomic mass is 9.64. The van der Waals surface area contributed by atoms with Gasteiger partial charge in [0.15, 0.2) is 5.60 Å². The van der Waals surface area contributed by atoms with Crippen LogP contribution in [0.4, 0.5) is 0 Å². The van der Waals surface area contributed by atoms with E-state index < -0.39 is 28.7 Å². The van der Waals surface area contributed by atoms with Crippen LogP contribution in [0.2, 0.25) is 0 Å². The minimum Gasteiger partial charge on any atom is -0.369 e. The Balaban J connectivity index is 2.12. The third-order valence-corrected chi connectivity index (χ3v) is 7.89. The van der Waals surface area contributed by atoms with Gasteiger partial charge in [0, 0.05) is 23.5 Å². The molecule has 6 heteroatoms. The average Bonchev–Trinajstić information content (AvgIpc) is 2.88. The average molecular weight is 436 g/mol. The topological polar surface area (TPSA) is 84.7 Å². The van der Waals surface area contributed by atoms with Crippen molar-refractivity contribution in [1.82, 2.24) is 10.2 Å². The fourth-order valence-electron chi connectivity index (χ4n) is 7.11. The number of hydrogen-bond acceptors (Lipinski definition) is 4. The molecule has 2 saturated heterocycles. The molecule has 1 aliphatic carbocycles. The Bertz CT molecular complexity index is 685. The molecule has 0 bridgehead atoms. The summed E-state index contributed by atoms with van der Waals surface area (Å²) in [5.74, 6) is -1.17. The van der Waals surface area contributed by atoms with E-state index in [9.17, 15) is 9.59 Å². The van der Waals surface area contributed by atoms with Gasteiger partial charge >= 0.3 is 0 Å². The van der Waals surface area contributed by atoms with Crippen LogP contribution in [0.1, 0.15) is 112 Å². The molecule has 3 unspecified atom stereocenters. The number of primary amides is 1. The first-order valence-electron chi connectivity index (χ1n) is 12.6. The van der Waals surface area contributed by atoms with Crippen molar-refractivity contribution < 1.29 is 14.3 Å². The van der Waals surface area contributed by atoms with Gasteiger partial charge in [-0.15, -0.1) is 0 Å². The molecule has 3 aliphatic rings. The lowest BCUT2D eigenvalue weighted by molar-refractivity contribution is -0.201. The first kappa shape index (κ1) is 24.5. The van der Waals surface area contributed by atoms with Gasteiger partial charge in [-0.1, -0.05) is 46.0 Å². The Kier molecular flexibility index (Phi) is 6.84. The first-order chi connectivity index (χ1) is 14.4. The van der Waals surface area contributed by atoms with E-state index in [-0.39, 0.29) is 17.5 Å². The predicted octanol–water partition coefficient (Wildman–Crippen LogP) is 4.26. The highest BCUT2D eigenvalue weighted by Gasteiger charge is 2.70. The van der Waals surface area contributed by atoms with Crippen molar-refractivity contribution in [3.8, 4) is 0 Å². The number of nitrogens with one attached hydrogen (secondary N) is 1. The van der Waals surface area contributed by atoms with Crippen molar-refractivity contribution in [2.24, 2.45) is 11.7 Å². The second-order valence-electron chi connectivity index (χ2n) is 11.5. The van der Waals surface area contributed by atoms with Crippen LogP contribution in [-0.4, -0.2) is 45.2 Å². The Morgan fingerprint density at radius 2 is 1.77 bits per heavy atom. The molecule has 0 aromatic carbocycles. The molecule has 3 fully saturated rings. The van der Waals surface area contributed by atoms with E-state index >= 15 is 0 Å². The fraction of sp³-hybridized carbons (Fsp3) is 0.920. The summed E-state index contributed by atoms with van der Waals surface area (Å²) in [5.41, 5.74) is 3.15. The van der Waals surface area contributed by atoms with Gasteiger partial charge in [-0.2, -0.15) is 0 Å². The monoisotopic (exact) mass is 435 g/mol. The van der Waals surface area contributed by atoms with Crippen molar-refractivity contribution >= 4 is 11.8 Å². The zero-order valence-corrected chi connectivity index (χ0v) is 20.7. The zero-order chi connectivity index (χ0) is 23.1. The maximum Gasteiger partial charge on any atom is 0.258 e. The molecule has 0 aromatic heterocycles. The SMILES string of the molecule is CCCCCC1(CC)OC2(CC(C)(C)NC(C)(C)C2C(N)=O)C(=O)N1C1CCCCC1. The number of amides is 2. The summed E-state index contributed by atoms with van der Waals surface area (Å²) in [6.07, 6.45) is 10.8. The molecule has 0 aromatic rings. The van der Waals surface area contributed by atoms with E-state index in [1.54, 1.807) is 0 Å². The summed E-state index contributed by atoms with van der Waals surface area (Å²) in [7, 11) is 0. The second kappa shape index (κ2) is 8.66. The molecule has 178 valence electrons. The number of hydrogen-bond donors (Lipinski definition) is 2. The molecule has 3 atom stereocenters. The Labute approximate surface area is 189 Å². The summed E-state index contributed by atoms with van der Waals surface area (Å²) < 4.78 is 7.03. The van der Waals surface area contributed by atoms with Crippen molar-refractivity contribution in [2.45, 2.75) is 141 Å². The van der Waals surface area contributed by atoms with Gasteiger partial charge in [0.05, 0.1) is 5.92 Å². The molecule has 3 rings (SSSR count). The minimum atomic E-state index is -1.20. The number of unbranched alkanes of at least 4 members (excludes halogenated alkanes) is 2. The zero-order valence-electron chi connectivity index (χ0n) is 20.7. The van der Waals surface area contributed by atoms with Crippen LogP contribution in [0.25, 0.3) is 0 Å². The lowest BCUT2D eigenvalue weighted by Gasteiger charge is -2.54. The molecule has 2 amide bonds. The van der Waals surface area contributed by atoms with E-state index in [4.69, 9.17) is 10.5 Å². The van der Waals surface area contributed by atoms with Gasteiger partial charge in [0.2, 0.25) is 5.91 Å². The van der Waals surface area contributed by atoms with Gasteiger partial charge in [0.1, 0.15) is 5.72 Å². The maximum atomic E-state index is 14.4. The quantitative estimate of drug-likeness (QED) is 0.585. The van der Waals surface area contributed by atoms with E-state index in [2.05, 4.69) is 37.9 Å². The molecular formula is C25H45N3O3. The molecular weight excluding hydrogens is 390 g/mol. The number of rotatable bonds is 7. The highest BCUT2D eigenvalue weighted by atomic mass is 16.6. The lowest BCUT2D eigenvalue weighted by Crippen LogP contribution is -2.74. The van der Waals surface area contributed by atoms with Gasteiger partial charge in [-0.05, 0) is 59.8 Å². The highest BCUT2D eigenvalue weighted by molar-refractivity contribution is 5.95. The standard InChI is InChI=1S/C25H45N3O3/c1-7-9-13-16-24(8-2)28(18-14-11-10-12-15-18)21(30)25(31-24)17-22(3,4)27-23(5,6)19(25)20(26)29/h18-19,27H,7-17H2,1-6H3,(H2,26,29). The summed E-state index contributed by atoms with van der Waals surface area (Å²) in [4.78, 5) is 29.4. The molecule has 2 aliphatic heterocycles. The summed E-state index contributed by atoms with van der Waals surface area (Å²) in [6, 6.07) is 0.192. The summed E-state index contributed by atoms with van der Waals surface area (Å²) >= 11 is 0. The minimum absolute atomic E-state index is 0.00389. The Morgan fingerprint density at radius 3 is 2.32 bits per heavy atom. The van der Waals surface area contributed by atoms with Gasteiger partial charge in [0.25, 0.3) is 5.91 Å². The first-order valence-corrected chi connectivity index (χ1v) is 12.6. The molecule has 1 saturated carbocycles. The Hall–Kier alpha value is -1.14. The number of carbonyl (C=O) groups excluding carboxylic acids is 2. The smallest absolute Gasteiger partial charge is 0.258 e. The van der Waals surface area contributed by atoms with E-state index in [0.29, 0.717) is 6.42 Å². The van der Waals surface area contributed by atoms with Crippen LogP contribution < -0.4 is 11.1 Å². The highest BCUT2D eigenvalue weighted by Crippen LogP contribution is 2.54. The molecule has 2 heterocycles. The summed E-state index contributed by atoms with van der Waals surface area (Å²) in [5, 5.41) is 3.58. The number of carbonyl (C=O) groups is 2. The molecule has 1 spiro atoms. The van der Waals surface area contributed by atoms with Gasteiger partial charge < -0.3 is 20.7 Å². The third kappa shape index (κ3) is 4.27. The van der Waals surface area contributed by atoms with Crippen LogP contribution in [0.3, 0.4) is 0 Å². The van der Waals surface area contributed by atoms with E-state index in [1.165, 1.54) is 6.42 Å². The molecule has 31 heavy (non-hydrogen) atoms. The van der Waals surface area contributed by atoms with Crippen LogP contribution in [0.15, 0.2) is 0 Å². The number of piperidine rings is 1. The second-order valence-corrected chi connectivity index (χ2v) is 11.5. The van der Waals surface area contributed by atoms with Crippen molar-refractivity contribution in [3.05, 3.63) is 0 Å². The van der Waals surface area contributed by atoms with Crippen molar-refractivity contribution in [2.75, 3.05) is 0 Å². The Morgan fingerprint density at radius 1 is 1.13 bits per heavy atom. The van der Waals surface area contributed by atoms with Crippen LogP contribution >= 0.6 is 0 Å². The van der Waals surface area contributed by atoms with Crippen LogP contribution in [0.5, 0.6) is 0 Å². The third-order valence-electron chi connectivity index (χ3n) is 7.89. The molecule has 3 N–H and O–H groups in total. The van der Waals surface area contributed by atoms with E-state index in [1.807, 2.05) is 13.8 Å². The maximum absolute atomic E-state index is 14.4. The predicted molar refractivity (Wildman–Crippen MR) is 123 cm³/mol. The number of nitrogens with two attached hydrogens (primary N) is 1. The van der Waals surface area contributed by atoms with E-state index in [0.717, 1.165) is 57.8 Å². The molecule has 0 radical (unpaired) electrons. The van der Waals surface area contributed by atoms with Crippen molar-refractivity contribution in [1.29, 1.82) is 0 Å².